The van der Waals surface area contributed by atoms with Crippen molar-refractivity contribution in [3.63, 3.8) is 0 Å². The van der Waals surface area contributed by atoms with Crippen molar-refractivity contribution in [1.82, 2.24) is 10.2 Å². The molecule has 1 N–H and O–H groups in total. The second-order valence-electron chi connectivity index (χ2n) is 6.69. The van der Waals surface area contributed by atoms with Crippen LogP contribution in [0.5, 0.6) is 5.75 Å². The molecule has 25 heavy (non-hydrogen) atoms. The highest BCUT2D eigenvalue weighted by Gasteiger charge is 2.46. The van der Waals surface area contributed by atoms with Crippen LogP contribution in [0.4, 0.5) is 9.18 Å². The van der Waals surface area contributed by atoms with Crippen LogP contribution in [0, 0.1) is 5.82 Å². The maximum atomic E-state index is 12.9. The number of hydrogen-bond donors (Lipinski definition) is 1. The van der Waals surface area contributed by atoms with Crippen molar-refractivity contribution in [1.29, 1.82) is 0 Å². The van der Waals surface area contributed by atoms with Gasteiger partial charge in [-0.3, -0.25) is 9.69 Å². The summed E-state index contributed by atoms with van der Waals surface area (Å²) in [7, 11) is 0. The molecule has 2 rings (SSSR count). The number of nitrogens with zero attached hydrogens (tertiary/aromatic N) is 1. The average Bonchev–Trinajstić information content (AvgIpc) is 2.80. The zero-order chi connectivity index (χ0) is 18.3. The minimum absolute atomic E-state index is 0.174. The first kappa shape index (κ1) is 19.2. The molecular weight excluding hydrogens is 323 g/mol. The molecule has 3 amide bonds. The van der Waals surface area contributed by atoms with Crippen LogP contribution < -0.4 is 10.1 Å². The minimum atomic E-state index is -0.820. The van der Waals surface area contributed by atoms with E-state index in [0.29, 0.717) is 12.2 Å². The molecule has 5 nitrogen and oxygen atoms in total. The largest absolute Gasteiger partial charge is 0.492 e. The molecule has 0 bridgehead atoms. The summed E-state index contributed by atoms with van der Waals surface area (Å²) in [6, 6.07) is 5.27. The first-order valence-electron chi connectivity index (χ1n) is 8.99. The van der Waals surface area contributed by atoms with E-state index < -0.39 is 5.54 Å². The van der Waals surface area contributed by atoms with Crippen molar-refractivity contribution >= 4 is 11.9 Å². The summed E-state index contributed by atoms with van der Waals surface area (Å²) in [4.78, 5) is 25.9. The van der Waals surface area contributed by atoms with Crippen LogP contribution in [-0.2, 0) is 4.79 Å². The third kappa shape index (κ3) is 5.18. The summed E-state index contributed by atoms with van der Waals surface area (Å²) in [5.41, 5.74) is -0.820. The van der Waals surface area contributed by atoms with Gasteiger partial charge in [-0.15, -0.1) is 0 Å². The number of hydrogen-bond acceptors (Lipinski definition) is 3. The van der Waals surface area contributed by atoms with Crippen molar-refractivity contribution in [3.05, 3.63) is 30.1 Å². The van der Waals surface area contributed by atoms with Crippen LogP contribution in [0.25, 0.3) is 0 Å². The Morgan fingerprint density at radius 1 is 1.12 bits per heavy atom. The Kier molecular flexibility index (Phi) is 6.79. The fourth-order valence-electron chi connectivity index (χ4n) is 2.99. The lowest BCUT2D eigenvalue weighted by Crippen LogP contribution is -2.44. The molecule has 1 aliphatic rings. The molecular formula is C19H27FN2O3. The van der Waals surface area contributed by atoms with Crippen LogP contribution in [0.3, 0.4) is 0 Å². The van der Waals surface area contributed by atoms with Crippen molar-refractivity contribution in [2.24, 2.45) is 0 Å². The fraction of sp³-hybridized carbons (Fsp3) is 0.579. The number of halogens is 1. The fourth-order valence-corrected chi connectivity index (χ4v) is 2.99. The molecule has 1 aliphatic heterocycles. The highest BCUT2D eigenvalue weighted by atomic mass is 19.1. The third-order valence-electron chi connectivity index (χ3n) is 4.52. The summed E-state index contributed by atoms with van der Waals surface area (Å²) in [5, 5.41) is 2.81. The number of urea groups is 1. The third-order valence-corrected chi connectivity index (χ3v) is 4.52. The van der Waals surface area contributed by atoms with Gasteiger partial charge in [-0.1, -0.05) is 39.0 Å². The Balaban J connectivity index is 1.80. The van der Waals surface area contributed by atoms with E-state index >= 15 is 0 Å². The number of carbonyl (C=O) groups is 2. The second kappa shape index (κ2) is 8.83. The van der Waals surface area contributed by atoms with E-state index in [0.717, 1.165) is 19.3 Å². The quantitative estimate of drug-likeness (QED) is 0.515. The predicted molar refractivity (Wildman–Crippen MR) is 93.9 cm³/mol. The van der Waals surface area contributed by atoms with E-state index in [4.69, 9.17) is 4.74 Å². The van der Waals surface area contributed by atoms with Crippen molar-refractivity contribution in [2.45, 2.75) is 57.9 Å². The number of unbranched alkanes of at least 4 members (excludes halogenated alkanes) is 4. The van der Waals surface area contributed by atoms with E-state index in [1.165, 1.54) is 42.0 Å². The highest BCUT2D eigenvalue weighted by molar-refractivity contribution is 6.06. The van der Waals surface area contributed by atoms with Crippen LogP contribution in [0.2, 0.25) is 0 Å². The lowest BCUT2D eigenvalue weighted by molar-refractivity contribution is -0.131. The number of amides is 3. The molecule has 1 saturated heterocycles. The molecule has 0 spiro atoms. The zero-order valence-corrected chi connectivity index (χ0v) is 15.0. The molecule has 6 heteroatoms. The number of ether oxygens (including phenoxy) is 1. The Labute approximate surface area is 148 Å². The zero-order valence-electron chi connectivity index (χ0n) is 15.0. The van der Waals surface area contributed by atoms with Gasteiger partial charge in [0.05, 0.1) is 6.54 Å². The Bertz CT molecular complexity index is 591. The normalized spacial score (nSPS) is 20.0. The smallest absolute Gasteiger partial charge is 0.325 e. The van der Waals surface area contributed by atoms with Crippen LogP contribution >= 0.6 is 0 Å². The number of nitrogens with one attached hydrogen (secondary N) is 1. The van der Waals surface area contributed by atoms with Gasteiger partial charge in [-0.2, -0.15) is 0 Å². The van der Waals surface area contributed by atoms with Gasteiger partial charge in [0, 0.05) is 0 Å². The monoisotopic (exact) mass is 350 g/mol. The molecule has 1 aromatic rings. The Morgan fingerprint density at radius 3 is 2.48 bits per heavy atom. The SMILES string of the molecule is CCCCCCCC1(C)NC(=O)N(CCOc2ccc(F)cc2)C1=O. The summed E-state index contributed by atoms with van der Waals surface area (Å²) in [5.74, 6) is -0.0287. The highest BCUT2D eigenvalue weighted by Crippen LogP contribution is 2.24. The lowest BCUT2D eigenvalue weighted by Gasteiger charge is -2.21. The van der Waals surface area contributed by atoms with Gasteiger partial charge in [0.2, 0.25) is 0 Å². The molecule has 0 aromatic heterocycles. The maximum absolute atomic E-state index is 12.9. The molecule has 1 fully saturated rings. The molecule has 0 aliphatic carbocycles. The number of rotatable bonds is 10. The van der Waals surface area contributed by atoms with E-state index in [1.807, 2.05) is 0 Å². The average molecular weight is 350 g/mol. The summed E-state index contributed by atoms with van der Waals surface area (Å²) >= 11 is 0. The maximum Gasteiger partial charge on any atom is 0.325 e. The molecule has 1 aromatic carbocycles. The van der Waals surface area contributed by atoms with E-state index in [2.05, 4.69) is 12.2 Å². The number of benzene rings is 1. The number of imide groups is 1. The van der Waals surface area contributed by atoms with E-state index in [9.17, 15) is 14.0 Å². The van der Waals surface area contributed by atoms with Gasteiger partial charge in [0.25, 0.3) is 5.91 Å². The lowest BCUT2D eigenvalue weighted by atomic mass is 9.94. The summed E-state index contributed by atoms with van der Waals surface area (Å²) in [6.45, 7) is 4.30. The second-order valence-corrected chi connectivity index (χ2v) is 6.69. The van der Waals surface area contributed by atoms with Gasteiger partial charge in [0.1, 0.15) is 23.7 Å². The topological polar surface area (TPSA) is 58.6 Å². The van der Waals surface area contributed by atoms with Gasteiger partial charge >= 0.3 is 6.03 Å². The first-order chi connectivity index (χ1) is 12.0. The summed E-state index contributed by atoms with van der Waals surface area (Å²) < 4.78 is 18.3. The molecule has 1 heterocycles. The molecule has 138 valence electrons. The molecule has 1 unspecified atom stereocenters. The van der Waals surface area contributed by atoms with Gasteiger partial charge in [-0.05, 0) is 37.6 Å². The standard InChI is InChI=1S/C19H27FN2O3/c1-3-4-5-6-7-12-19(2)17(23)22(18(24)21-19)13-14-25-16-10-8-15(20)9-11-16/h8-11H,3-7,12-14H2,1-2H3,(H,21,24). The van der Waals surface area contributed by atoms with Gasteiger partial charge < -0.3 is 10.1 Å². The van der Waals surface area contributed by atoms with Gasteiger partial charge in [-0.25, -0.2) is 9.18 Å². The number of carbonyl (C=O) groups excluding carboxylic acids is 2. The predicted octanol–water partition coefficient (Wildman–Crippen LogP) is 3.88. The molecule has 0 saturated carbocycles. The van der Waals surface area contributed by atoms with Crippen molar-refractivity contribution in [2.75, 3.05) is 13.2 Å². The Morgan fingerprint density at radius 2 is 1.80 bits per heavy atom. The van der Waals surface area contributed by atoms with Crippen molar-refractivity contribution in [3.8, 4) is 5.75 Å². The van der Waals surface area contributed by atoms with Gasteiger partial charge in [0.15, 0.2) is 0 Å². The minimum Gasteiger partial charge on any atom is -0.492 e. The van der Waals surface area contributed by atoms with Crippen molar-refractivity contribution < 1.29 is 18.7 Å². The molecule has 1 atom stereocenters. The first-order valence-corrected chi connectivity index (χ1v) is 8.99. The van der Waals surface area contributed by atoms with Crippen LogP contribution in [-0.4, -0.2) is 35.5 Å². The Hall–Kier alpha value is -2.11. The summed E-state index contributed by atoms with van der Waals surface area (Å²) in [6.07, 6.45) is 6.17. The van der Waals surface area contributed by atoms with Crippen LogP contribution in [0.15, 0.2) is 24.3 Å². The molecule has 0 radical (unpaired) electrons. The van der Waals surface area contributed by atoms with E-state index in [-0.39, 0.29) is 30.9 Å². The van der Waals surface area contributed by atoms with E-state index in [1.54, 1.807) is 6.92 Å². The van der Waals surface area contributed by atoms with Crippen LogP contribution in [0.1, 0.15) is 52.4 Å².